The van der Waals surface area contributed by atoms with E-state index in [1.165, 1.54) is 11.7 Å². The maximum absolute atomic E-state index is 14.2. The van der Waals surface area contributed by atoms with E-state index in [-0.39, 0.29) is 16.9 Å². The first-order valence-electron chi connectivity index (χ1n) is 10.4. The van der Waals surface area contributed by atoms with Crippen LogP contribution in [0.15, 0.2) is 91.0 Å². The maximum atomic E-state index is 14.2. The molecule has 0 radical (unpaired) electrons. The van der Waals surface area contributed by atoms with E-state index in [0.717, 1.165) is 0 Å². The number of hydrogen-bond acceptors (Lipinski definition) is 4. The predicted molar refractivity (Wildman–Crippen MR) is 129 cm³/mol. The summed E-state index contributed by atoms with van der Waals surface area (Å²) in [5.41, 5.74) is 0.854. The zero-order valence-electron chi connectivity index (χ0n) is 18.2. The first-order valence-corrected chi connectivity index (χ1v) is 16.6. The molecule has 0 fully saturated rings. The molecule has 0 saturated carbocycles. The van der Waals surface area contributed by atoms with Crippen molar-refractivity contribution >= 4 is 41.8 Å². The molecule has 0 atom stereocenters. The van der Waals surface area contributed by atoms with Crippen LogP contribution < -0.4 is 0 Å². The Bertz CT molecular complexity index is 1120. The van der Waals surface area contributed by atoms with Gasteiger partial charge in [0.1, 0.15) is 0 Å². The van der Waals surface area contributed by atoms with E-state index in [1.807, 2.05) is 43.0 Å². The van der Waals surface area contributed by atoms with E-state index in [0.29, 0.717) is 16.7 Å². The first kappa shape index (κ1) is 22.5. The second kappa shape index (κ2) is 8.67. The molecule has 4 rings (SSSR count). The summed E-state index contributed by atoms with van der Waals surface area (Å²) in [7, 11) is 0. The topological polar surface area (TPSA) is 61.1 Å². The Labute approximate surface area is 195 Å². The number of carbonyl (C=O) groups excluding carboxylic acids is 3. The zero-order valence-corrected chi connectivity index (χ0v) is 21.9. The van der Waals surface area contributed by atoms with Crippen LogP contribution in [0, 0.1) is 0 Å². The molecule has 0 spiro atoms. The second-order valence-electron chi connectivity index (χ2n) is 8.59. The van der Waals surface area contributed by atoms with Gasteiger partial charge in [-0.1, -0.05) is 0 Å². The van der Waals surface area contributed by atoms with Gasteiger partial charge < -0.3 is 0 Å². The summed E-state index contributed by atoms with van der Waals surface area (Å²) in [6.45, 7) is 6.01. The van der Waals surface area contributed by atoms with Crippen LogP contribution in [0.4, 0.5) is 0 Å². The fourth-order valence-corrected chi connectivity index (χ4v) is 18.4. The summed E-state index contributed by atoms with van der Waals surface area (Å²) in [6.07, 6.45) is 0. The van der Waals surface area contributed by atoms with E-state index in [4.69, 9.17) is 0 Å². The van der Waals surface area contributed by atoms with E-state index in [2.05, 4.69) is 0 Å². The molecule has 3 aromatic carbocycles. The molecule has 0 unspecified atom stereocenters. The van der Waals surface area contributed by atoms with E-state index >= 15 is 0 Å². The summed E-state index contributed by atoms with van der Waals surface area (Å²) in [5.74, 6) is 0. The molecule has 32 heavy (non-hydrogen) atoms. The van der Waals surface area contributed by atoms with Crippen LogP contribution in [-0.4, -0.2) is 36.4 Å². The summed E-state index contributed by atoms with van der Waals surface area (Å²) < 4.78 is 2.67. The first-order chi connectivity index (χ1) is 15.3. The van der Waals surface area contributed by atoms with Gasteiger partial charge >= 0.3 is 197 Å². The van der Waals surface area contributed by atoms with Crippen molar-refractivity contribution in [1.82, 2.24) is 6.36 Å². The van der Waals surface area contributed by atoms with Crippen LogP contribution in [0.25, 0.3) is 0 Å². The quantitative estimate of drug-likeness (QED) is 0.298. The molecule has 0 saturated heterocycles. The Morgan fingerprint density at radius 1 is 0.625 bits per heavy atom. The molecule has 4 aromatic rings. The molecule has 7 heteroatoms. The number of aromatic nitrogens is 2. The molecule has 0 aliphatic heterocycles. The fourth-order valence-electron chi connectivity index (χ4n) is 3.61. The van der Waals surface area contributed by atoms with Crippen molar-refractivity contribution in [3.63, 3.8) is 0 Å². The van der Waals surface area contributed by atoms with Gasteiger partial charge in [-0.05, 0) is 0 Å². The number of nitrogens with zero attached hydrogens (tertiary/aromatic N) is 2. The Morgan fingerprint density at radius 2 is 0.938 bits per heavy atom. The third-order valence-corrected chi connectivity index (χ3v) is 19.5. The molecule has 0 N–H and O–H groups in total. The summed E-state index contributed by atoms with van der Waals surface area (Å²) in [4.78, 5) is 42.7. The third-order valence-electron chi connectivity index (χ3n) is 5.25. The van der Waals surface area contributed by atoms with Gasteiger partial charge in [-0.25, -0.2) is 0 Å². The van der Waals surface area contributed by atoms with E-state index in [1.54, 1.807) is 75.1 Å². The van der Waals surface area contributed by atoms with Gasteiger partial charge in [-0.15, -0.1) is 0 Å². The van der Waals surface area contributed by atoms with Gasteiger partial charge in [0.15, 0.2) is 0 Å². The Kier molecular flexibility index (Phi) is 6.09. The molecule has 0 aliphatic carbocycles. The number of rotatable bonds is 7. The SMILES string of the molecule is CC(C)(C)n1s[n]1[Sn]([C](=O)c1ccccc1)([C](=O)c1ccccc1)[C](=O)c1ccccc1. The summed E-state index contributed by atoms with van der Waals surface area (Å²) in [5, 5.41) is 0. The average molecular weight is 551 g/mol. The molecule has 162 valence electrons. The average Bonchev–Trinajstić information content (AvgIpc) is 3.63. The van der Waals surface area contributed by atoms with E-state index in [9.17, 15) is 14.4 Å². The van der Waals surface area contributed by atoms with Gasteiger partial charge in [0, 0.05) is 0 Å². The van der Waals surface area contributed by atoms with E-state index < -0.39 is 18.7 Å². The molecule has 1 heterocycles. The molecular formula is C25H24N2O3SSn. The molecule has 0 aliphatic rings. The van der Waals surface area contributed by atoms with Crippen molar-refractivity contribution in [3.05, 3.63) is 108 Å². The minimum absolute atomic E-state index is 0.332. The zero-order chi connectivity index (χ0) is 22.9. The number of hydrogen-bond donors (Lipinski definition) is 0. The van der Waals surface area contributed by atoms with Crippen molar-refractivity contribution in [2.24, 2.45) is 0 Å². The monoisotopic (exact) mass is 552 g/mol. The van der Waals surface area contributed by atoms with Gasteiger partial charge in [-0.3, -0.25) is 0 Å². The van der Waals surface area contributed by atoms with Crippen LogP contribution in [0.5, 0.6) is 0 Å². The van der Waals surface area contributed by atoms with Crippen LogP contribution in [0.1, 0.15) is 51.8 Å². The molecular weight excluding hydrogens is 527 g/mol. The van der Waals surface area contributed by atoms with Crippen LogP contribution in [0.3, 0.4) is 0 Å². The van der Waals surface area contributed by atoms with Crippen molar-refractivity contribution in [2.45, 2.75) is 26.3 Å². The summed E-state index contributed by atoms with van der Waals surface area (Å²) in [6, 6.07) is 26.2. The molecule has 5 nitrogen and oxygen atoms in total. The predicted octanol–water partition coefficient (Wildman–Crippen LogP) is 5.17. The van der Waals surface area contributed by atoms with Crippen LogP contribution in [-0.2, 0) is 5.54 Å². The Balaban J connectivity index is 2.02. The fraction of sp³-hybridized carbons (Fsp3) is 0.160. The van der Waals surface area contributed by atoms with Gasteiger partial charge in [0.05, 0.1) is 0 Å². The minimum atomic E-state index is -5.23. The molecule has 0 bridgehead atoms. The van der Waals surface area contributed by atoms with Gasteiger partial charge in [0.2, 0.25) is 0 Å². The summed E-state index contributed by atoms with van der Waals surface area (Å²) >= 11 is -3.92. The Morgan fingerprint density at radius 3 is 1.19 bits per heavy atom. The standard InChI is InChI=1S/3C7H5O.C4H9N2S.Sn/c3*8-6-7-4-2-1-3-5-7;1-4(2,3)6-5-7-6;/h3*1-5H;1-3H3;/q;;;-1;+1. The van der Waals surface area contributed by atoms with Crippen molar-refractivity contribution in [3.8, 4) is 0 Å². The number of carbonyl (C=O) groups is 3. The van der Waals surface area contributed by atoms with Gasteiger partial charge in [-0.2, -0.15) is 0 Å². The van der Waals surface area contributed by atoms with Crippen molar-refractivity contribution in [2.75, 3.05) is 0 Å². The van der Waals surface area contributed by atoms with Crippen molar-refractivity contribution < 1.29 is 14.4 Å². The normalized spacial score (nSPS) is 12.0. The second-order valence-corrected chi connectivity index (χ2v) is 19.5. The molecule has 1 aromatic heterocycles. The number of benzene rings is 3. The van der Waals surface area contributed by atoms with Gasteiger partial charge in [0.25, 0.3) is 0 Å². The molecule has 0 amide bonds. The van der Waals surface area contributed by atoms with Crippen molar-refractivity contribution in [1.29, 1.82) is 0 Å². The Hall–Kier alpha value is -2.71. The third kappa shape index (κ3) is 3.93. The van der Waals surface area contributed by atoms with Crippen LogP contribution >= 0.6 is 11.7 Å². The van der Waals surface area contributed by atoms with Crippen LogP contribution in [0.2, 0.25) is 0 Å².